The monoisotopic (exact) mass is 924 g/mol. The maximum atomic E-state index is 2.62. The molecule has 13 aromatic carbocycles. The molecule has 1 aromatic heterocycles. The van der Waals surface area contributed by atoms with Crippen molar-refractivity contribution in [3.05, 3.63) is 289 Å². The van der Waals surface area contributed by atoms with E-state index in [2.05, 4.69) is 276 Å². The SMILES string of the molecule is c1ccc(-c2cc3c(cc2N(c2ccc4c5ccccc5c5ccccc5c4c2)c2cccc4ccc5c(c6ccccc6n5-c5ccccc5)c24)C2(c4ccccc4-c4ccccc42)c2ccccc2-3)cc1. The molecule has 338 valence electrons. The van der Waals surface area contributed by atoms with E-state index in [9.17, 15) is 0 Å². The second-order valence-corrected chi connectivity index (χ2v) is 19.8. The summed E-state index contributed by atoms with van der Waals surface area (Å²) in [6.45, 7) is 0. The Morgan fingerprint density at radius 1 is 0.288 bits per heavy atom. The van der Waals surface area contributed by atoms with E-state index in [0.29, 0.717) is 0 Å². The Kier molecular flexibility index (Phi) is 8.41. The molecule has 0 saturated heterocycles. The van der Waals surface area contributed by atoms with Crippen molar-refractivity contribution < 1.29 is 0 Å². The summed E-state index contributed by atoms with van der Waals surface area (Å²) in [4.78, 5) is 2.62. The number of rotatable bonds is 5. The molecule has 0 N–H and O–H groups in total. The smallest absolute Gasteiger partial charge is 0.0726 e. The van der Waals surface area contributed by atoms with Gasteiger partial charge in [0.15, 0.2) is 0 Å². The highest BCUT2D eigenvalue weighted by Crippen LogP contribution is 2.64. The molecule has 2 nitrogen and oxygen atoms in total. The molecule has 2 aliphatic carbocycles. The first-order valence-corrected chi connectivity index (χ1v) is 25.4. The van der Waals surface area contributed by atoms with Crippen LogP contribution in [0.3, 0.4) is 0 Å². The average Bonchev–Trinajstić information content (AvgIpc) is 4.08. The molecule has 73 heavy (non-hydrogen) atoms. The molecule has 1 heterocycles. The molecule has 1 spiro atoms. The molecule has 2 aliphatic rings. The van der Waals surface area contributed by atoms with Gasteiger partial charge in [-0.15, -0.1) is 0 Å². The summed E-state index contributed by atoms with van der Waals surface area (Å²) in [5, 5.41) is 12.4. The van der Waals surface area contributed by atoms with E-state index in [4.69, 9.17) is 0 Å². The lowest BCUT2D eigenvalue weighted by molar-refractivity contribution is 0.794. The van der Waals surface area contributed by atoms with Crippen LogP contribution in [0.25, 0.3) is 104 Å². The van der Waals surface area contributed by atoms with Crippen molar-refractivity contribution in [3.8, 4) is 39.1 Å². The van der Waals surface area contributed by atoms with Gasteiger partial charge in [0.05, 0.1) is 27.8 Å². The van der Waals surface area contributed by atoms with E-state index in [1.54, 1.807) is 0 Å². The zero-order chi connectivity index (χ0) is 47.8. The predicted octanol–water partition coefficient (Wildman–Crippen LogP) is 18.9. The Balaban J connectivity index is 1.09. The average molecular weight is 925 g/mol. The molecule has 0 atom stereocenters. The summed E-state index contributed by atoms with van der Waals surface area (Å²) in [5.41, 5.74) is 19.1. The number of hydrogen-bond donors (Lipinski definition) is 0. The van der Waals surface area contributed by atoms with Gasteiger partial charge in [-0.1, -0.05) is 212 Å². The highest BCUT2D eigenvalue weighted by molar-refractivity contribution is 6.28. The molecule has 0 aliphatic heterocycles. The summed E-state index contributed by atoms with van der Waals surface area (Å²) in [7, 11) is 0. The van der Waals surface area contributed by atoms with Crippen LogP contribution in [-0.2, 0) is 5.41 Å². The second-order valence-electron chi connectivity index (χ2n) is 19.8. The fraction of sp³-hybridized carbons (Fsp3) is 0.0141. The lowest BCUT2D eigenvalue weighted by Gasteiger charge is -2.34. The zero-order valence-electron chi connectivity index (χ0n) is 39.8. The van der Waals surface area contributed by atoms with Crippen molar-refractivity contribution in [2.45, 2.75) is 5.41 Å². The van der Waals surface area contributed by atoms with Gasteiger partial charge in [0.1, 0.15) is 0 Å². The van der Waals surface area contributed by atoms with E-state index < -0.39 is 5.41 Å². The standard InChI is InChI=1S/C71H44N2/c1-3-20-45(21-4-1)58-43-60-56-31-13-17-35-63(56)71(61-33-15-11-29-54(61)55-30-12-16-34-62(55)71)64(60)44-68(58)73(48-39-40-53-51-27-8-7-25-49(51)50-26-9-10-28-52(50)59(53)42-48)66-37-19-22-46-38-41-67-70(69(46)66)57-32-14-18-36-65(57)72(67)47-23-5-2-6-24-47/h1-44H. The predicted molar refractivity (Wildman–Crippen MR) is 307 cm³/mol. The number of benzene rings is 13. The van der Waals surface area contributed by atoms with Crippen LogP contribution in [0.4, 0.5) is 17.1 Å². The number of aromatic nitrogens is 1. The lowest BCUT2D eigenvalue weighted by atomic mass is 9.70. The number of hydrogen-bond acceptors (Lipinski definition) is 1. The summed E-state index contributed by atoms with van der Waals surface area (Å²) < 4.78 is 2.44. The van der Waals surface area contributed by atoms with Gasteiger partial charge in [-0.05, 0) is 142 Å². The Hall–Kier alpha value is -9.50. The highest BCUT2D eigenvalue weighted by atomic mass is 15.1. The highest BCUT2D eigenvalue weighted by Gasteiger charge is 2.52. The minimum Gasteiger partial charge on any atom is -0.309 e. The van der Waals surface area contributed by atoms with Crippen molar-refractivity contribution >= 4 is 82.0 Å². The first kappa shape index (κ1) is 40.3. The third-order valence-corrected chi connectivity index (χ3v) is 16.3. The molecular weight excluding hydrogens is 881 g/mol. The molecule has 0 saturated carbocycles. The molecular formula is C71H44N2. The van der Waals surface area contributed by atoms with E-state index in [-0.39, 0.29) is 0 Å². The van der Waals surface area contributed by atoms with Crippen molar-refractivity contribution in [1.29, 1.82) is 0 Å². The van der Waals surface area contributed by atoms with Crippen LogP contribution in [0.1, 0.15) is 22.3 Å². The minimum absolute atomic E-state index is 0.539. The first-order valence-electron chi connectivity index (χ1n) is 25.4. The minimum atomic E-state index is -0.539. The lowest BCUT2D eigenvalue weighted by Crippen LogP contribution is -2.26. The number of nitrogens with zero attached hydrogens (tertiary/aromatic N) is 2. The van der Waals surface area contributed by atoms with Crippen molar-refractivity contribution in [2.75, 3.05) is 4.90 Å². The van der Waals surface area contributed by atoms with E-state index in [1.165, 1.54) is 121 Å². The van der Waals surface area contributed by atoms with Crippen LogP contribution in [0.15, 0.2) is 267 Å². The van der Waals surface area contributed by atoms with Gasteiger partial charge >= 0.3 is 0 Å². The molecule has 2 heteroatoms. The van der Waals surface area contributed by atoms with Gasteiger partial charge in [0, 0.05) is 33.1 Å². The third-order valence-electron chi connectivity index (χ3n) is 16.3. The summed E-state index contributed by atoms with van der Waals surface area (Å²) >= 11 is 0. The maximum absolute atomic E-state index is 2.62. The van der Waals surface area contributed by atoms with Crippen LogP contribution < -0.4 is 4.90 Å². The number of anilines is 3. The Morgan fingerprint density at radius 3 is 1.48 bits per heavy atom. The third kappa shape index (κ3) is 5.47. The van der Waals surface area contributed by atoms with Gasteiger partial charge < -0.3 is 9.47 Å². The van der Waals surface area contributed by atoms with Crippen LogP contribution >= 0.6 is 0 Å². The van der Waals surface area contributed by atoms with Gasteiger partial charge in [-0.2, -0.15) is 0 Å². The van der Waals surface area contributed by atoms with E-state index in [1.807, 2.05) is 0 Å². The van der Waals surface area contributed by atoms with Gasteiger partial charge in [-0.25, -0.2) is 0 Å². The molecule has 0 bridgehead atoms. The Labute approximate surface area is 422 Å². The largest absolute Gasteiger partial charge is 0.309 e. The van der Waals surface area contributed by atoms with Crippen molar-refractivity contribution in [2.24, 2.45) is 0 Å². The maximum Gasteiger partial charge on any atom is 0.0726 e. The van der Waals surface area contributed by atoms with Crippen molar-refractivity contribution in [3.63, 3.8) is 0 Å². The summed E-state index contributed by atoms with van der Waals surface area (Å²) in [5.74, 6) is 0. The topological polar surface area (TPSA) is 8.17 Å². The second kappa shape index (κ2) is 15.3. The van der Waals surface area contributed by atoms with Crippen molar-refractivity contribution in [1.82, 2.24) is 4.57 Å². The molecule has 0 unspecified atom stereocenters. The Bertz CT molecular complexity index is 4540. The fourth-order valence-electron chi connectivity index (χ4n) is 13.5. The van der Waals surface area contributed by atoms with E-state index in [0.717, 1.165) is 22.7 Å². The summed E-state index contributed by atoms with van der Waals surface area (Å²) in [6, 6.07) is 100. The van der Waals surface area contributed by atoms with Crippen LogP contribution in [0.5, 0.6) is 0 Å². The van der Waals surface area contributed by atoms with Crippen LogP contribution in [0.2, 0.25) is 0 Å². The van der Waals surface area contributed by atoms with Crippen LogP contribution in [-0.4, -0.2) is 4.57 Å². The van der Waals surface area contributed by atoms with Gasteiger partial charge in [0.25, 0.3) is 0 Å². The van der Waals surface area contributed by atoms with Gasteiger partial charge in [0.2, 0.25) is 0 Å². The molecule has 0 amide bonds. The summed E-state index contributed by atoms with van der Waals surface area (Å²) in [6.07, 6.45) is 0. The molecule has 16 rings (SSSR count). The normalized spacial score (nSPS) is 13.0. The number of fused-ring (bicyclic) bond motifs is 21. The number of para-hydroxylation sites is 2. The zero-order valence-corrected chi connectivity index (χ0v) is 39.8. The molecule has 14 aromatic rings. The molecule has 0 radical (unpaired) electrons. The molecule has 0 fully saturated rings. The Morgan fingerprint density at radius 2 is 0.822 bits per heavy atom. The van der Waals surface area contributed by atoms with Gasteiger partial charge in [-0.3, -0.25) is 0 Å². The van der Waals surface area contributed by atoms with E-state index >= 15 is 0 Å². The quantitative estimate of drug-likeness (QED) is 0.156. The van der Waals surface area contributed by atoms with Crippen LogP contribution in [0, 0.1) is 0 Å². The fourth-order valence-corrected chi connectivity index (χ4v) is 13.5. The first-order chi connectivity index (χ1) is 36.3.